The molecular formula is C13H10ClF4N3. The maximum Gasteiger partial charge on any atom is 0.416 e. The molecule has 2 rings (SSSR count). The molecular weight excluding hydrogens is 310 g/mol. The smallest absolute Gasteiger partial charge is 0.271 e. The first-order chi connectivity index (χ1) is 9.84. The van der Waals surface area contributed by atoms with E-state index in [0.29, 0.717) is 0 Å². The van der Waals surface area contributed by atoms with E-state index in [1.165, 1.54) is 6.07 Å². The molecule has 0 aliphatic heterocycles. The molecule has 3 N–H and O–H groups in total. The molecule has 1 atom stereocenters. The summed E-state index contributed by atoms with van der Waals surface area (Å²) in [7, 11) is 0. The molecule has 1 heterocycles. The van der Waals surface area contributed by atoms with Gasteiger partial charge in [-0.2, -0.15) is 13.2 Å². The van der Waals surface area contributed by atoms with Gasteiger partial charge in [-0.25, -0.2) is 9.82 Å². The quantitative estimate of drug-likeness (QED) is 0.517. The van der Waals surface area contributed by atoms with Crippen LogP contribution in [0.5, 0.6) is 0 Å². The zero-order valence-corrected chi connectivity index (χ0v) is 11.2. The van der Waals surface area contributed by atoms with Crippen LogP contribution >= 0.6 is 11.6 Å². The highest BCUT2D eigenvalue weighted by atomic mass is 35.5. The van der Waals surface area contributed by atoms with E-state index in [1.807, 2.05) is 0 Å². The SMILES string of the molecule is NNC(c1ccc(F)cc1Cl)c1cnccc1C(F)(F)F. The summed E-state index contributed by atoms with van der Waals surface area (Å²) in [5.41, 5.74) is 1.40. The minimum atomic E-state index is -4.57. The van der Waals surface area contributed by atoms with Crippen LogP contribution in [0.1, 0.15) is 22.7 Å². The van der Waals surface area contributed by atoms with E-state index >= 15 is 0 Å². The second-order valence-electron chi connectivity index (χ2n) is 4.23. The number of nitrogens with two attached hydrogens (primary N) is 1. The predicted octanol–water partition coefficient (Wildman–Crippen LogP) is 3.45. The molecule has 1 aromatic heterocycles. The Morgan fingerprint density at radius 2 is 1.90 bits per heavy atom. The number of hydrazine groups is 1. The monoisotopic (exact) mass is 319 g/mol. The molecule has 2 aromatic rings. The van der Waals surface area contributed by atoms with Crippen molar-refractivity contribution >= 4 is 11.6 Å². The fourth-order valence-corrected chi connectivity index (χ4v) is 2.25. The van der Waals surface area contributed by atoms with Crippen molar-refractivity contribution in [3.8, 4) is 0 Å². The minimum Gasteiger partial charge on any atom is -0.271 e. The van der Waals surface area contributed by atoms with Gasteiger partial charge < -0.3 is 0 Å². The summed E-state index contributed by atoms with van der Waals surface area (Å²) in [5.74, 6) is 4.76. The molecule has 112 valence electrons. The maximum absolute atomic E-state index is 13.1. The fourth-order valence-electron chi connectivity index (χ4n) is 1.98. The number of rotatable bonds is 3. The van der Waals surface area contributed by atoms with Crippen LogP contribution in [0.2, 0.25) is 5.02 Å². The van der Waals surface area contributed by atoms with Gasteiger partial charge in [-0.1, -0.05) is 17.7 Å². The lowest BCUT2D eigenvalue weighted by atomic mass is 9.96. The summed E-state index contributed by atoms with van der Waals surface area (Å²) in [4.78, 5) is 3.69. The summed E-state index contributed by atoms with van der Waals surface area (Å²) in [6, 6.07) is 3.15. The summed E-state index contributed by atoms with van der Waals surface area (Å²) in [6.45, 7) is 0. The molecule has 0 amide bonds. The van der Waals surface area contributed by atoms with Gasteiger partial charge in [-0.05, 0) is 23.8 Å². The third-order valence-electron chi connectivity index (χ3n) is 2.91. The molecule has 0 bridgehead atoms. The molecule has 1 unspecified atom stereocenters. The Labute approximate surface area is 122 Å². The molecule has 0 aliphatic carbocycles. The van der Waals surface area contributed by atoms with Crippen molar-refractivity contribution in [3.63, 3.8) is 0 Å². The van der Waals surface area contributed by atoms with Crippen molar-refractivity contribution in [2.24, 2.45) is 5.84 Å². The number of alkyl halides is 3. The number of halogens is 5. The van der Waals surface area contributed by atoms with Crippen LogP contribution < -0.4 is 11.3 Å². The van der Waals surface area contributed by atoms with Crippen molar-refractivity contribution in [2.45, 2.75) is 12.2 Å². The van der Waals surface area contributed by atoms with Gasteiger partial charge in [0.05, 0.1) is 11.6 Å². The number of benzene rings is 1. The van der Waals surface area contributed by atoms with E-state index < -0.39 is 23.6 Å². The zero-order chi connectivity index (χ0) is 15.6. The highest BCUT2D eigenvalue weighted by molar-refractivity contribution is 6.31. The predicted molar refractivity (Wildman–Crippen MR) is 69.8 cm³/mol. The molecule has 0 spiro atoms. The van der Waals surface area contributed by atoms with Crippen molar-refractivity contribution in [3.05, 3.63) is 64.2 Å². The third-order valence-corrected chi connectivity index (χ3v) is 3.24. The van der Waals surface area contributed by atoms with E-state index in [0.717, 1.165) is 30.6 Å². The van der Waals surface area contributed by atoms with Crippen molar-refractivity contribution in [2.75, 3.05) is 0 Å². The Morgan fingerprint density at radius 1 is 1.19 bits per heavy atom. The molecule has 3 nitrogen and oxygen atoms in total. The van der Waals surface area contributed by atoms with Crippen LogP contribution in [-0.4, -0.2) is 4.98 Å². The van der Waals surface area contributed by atoms with Crippen molar-refractivity contribution < 1.29 is 17.6 Å². The fraction of sp³-hybridized carbons (Fsp3) is 0.154. The largest absolute Gasteiger partial charge is 0.416 e. The van der Waals surface area contributed by atoms with Gasteiger partial charge in [0.2, 0.25) is 0 Å². The van der Waals surface area contributed by atoms with Gasteiger partial charge >= 0.3 is 6.18 Å². The average molecular weight is 320 g/mol. The Morgan fingerprint density at radius 3 is 2.48 bits per heavy atom. The van der Waals surface area contributed by atoms with Crippen molar-refractivity contribution in [1.29, 1.82) is 0 Å². The molecule has 0 radical (unpaired) electrons. The van der Waals surface area contributed by atoms with Gasteiger partial charge in [0.1, 0.15) is 5.82 Å². The lowest BCUT2D eigenvalue weighted by Crippen LogP contribution is -2.31. The minimum absolute atomic E-state index is 0.0325. The van der Waals surface area contributed by atoms with Crippen LogP contribution in [0.15, 0.2) is 36.7 Å². The van der Waals surface area contributed by atoms with E-state index in [-0.39, 0.29) is 16.1 Å². The Balaban J connectivity index is 2.57. The highest BCUT2D eigenvalue weighted by Crippen LogP contribution is 2.37. The number of aromatic nitrogens is 1. The van der Waals surface area contributed by atoms with E-state index in [2.05, 4.69) is 10.4 Å². The molecule has 8 heteroatoms. The van der Waals surface area contributed by atoms with Crippen molar-refractivity contribution in [1.82, 2.24) is 10.4 Å². The van der Waals surface area contributed by atoms with Crippen LogP contribution in [0, 0.1) is 5.82 Å². The van der Waals surface area contributed by atoms with Gasteiger partial charge in [0, 0.05) is 23.0 Å². The molecule has 0 fully saturated rings. The molecule has 0 saturated heterocycles. The Bertz CT molecular complexity index is 646. The second-order valence-corrected chi connectivity index (χ2v) is 4.63. The lowest BCUT2D eigenvalue weighted by molar-refractivity contribution is -0.138. The Kier molecular flexibility index (Phi) is 4.46. The number of pyridine rings is 1. The number of nitrogens with one attached hydrogen (secondary N) is 1. The summed E-state index contributed by atoms with van der Waals surface area (Å²) < 4.78 is 52.2. The van der Waals surface area contributed by atoms with E-state index in [4.69, 9.17) is 17.4 Å². The molecule has 21 heavy (non-hydrogen) atoms. The van der Waals surface area contributed by atoms with E-state index in [9.17, 15) is 17.6 Å². The number of nitrogens with zero attached hydrogens (tertiary/aromatic N) is 1. The van der Waals surface area contributed by atoms with E-state index in [1.54, 1.807) is 0 Å². The Hall–Kier alpha value is -1.70. The number of hydrogen-bond donors (Lipinski definition) is 2. The number of hydrogen-bond acceptors (Lipinski definition) is 3. The topological polar surface area (TPSA) is 50.9 Å². The normalized spacial score (nSPS) is 13.2. The summed E-state index contributed by atoms with van der Waals surface area (Å²) >= 11 is 5.88. The lowest BCUT2D eigenvalue weighted by Gasteiger charge is -2.21. The molecule has 0 saturated carbocycles. The average Bonchev–Trinajstić information content (AvgIpc) is 2.41. The first kappa shape index (κ1) is 15.7. The summed E-state index contributed by atoms with van der Waals surface area (Å²) in [5, 5.41) is -0.0325. The van der Waals surface area contributed by atoms with Crippen LogP contribution in [-0.2, 0) is 6.18 Å². The van der Waals surface area contributed by atoms with Gasteiger partial charge in [-0.3, -0.25) is 10.8 Å². The van der Waals surface area contributed by atoms with Gasteiger partial charge in [0.25, 0.3) is 0 Å². The zero-order valence-electron chi connectivity index (χ0n) is 10.5. The first-order valence-electron chi connectivity index (χ1n) is 5.76. The molecule has 1 aromatic carbocycles. The summed E-state index contributed by atoms with van der Waals surface area (Å²) in [6.07, 6.45) is -2.49. The second kappa shape index (κ2) is 5.97. The van der Waals surface area contributed by atoms with Crippen LogP contribution in [0.25, 0.3) is 0 Å². The van der Waals surface area contributed by atoms with Gasteiger partial charge in [0.15, 0.2) is 0 Å². The van der Waals surface area contributed by atoms with Gasteiger partial charge in [-0.15, -0.1) is 0 Å². The maximum atomic E-state index is 13.1. The van der Waals surface area contributed by atoms with Crippen LogP contribution in [0.3, 0.4) is 0 Å². The third kappa shape index (κ3) is 3.31. The standard InChI is InChI=1S/C13H10ClF4N3/c14-11-5-7(15)1-2-8(11)12(21-19)9-6-20-4-3-10(9)13(16,17)18/h1-6,12,21H,19H2. The first-order valence-corrected chi connectivity index (χ1v) is 6.14. The molecule has 0 aliphatic rings. The van der Waals surface area contributed by atoms with Crippen LogP contribution in [0.4, 0.5) is 17.6 Å². The highest BCUT2D eigenvalue weighted by Gasteiger charge is 2.35.